The van der Waals surface area contributed by atoms with Crippen LogP contribution in [0.5, 0.6) is 5.75 Å². The molecule has 1 amide bonds. The zero-order chi connectivity index (χ0) is 23.6. The molecule has 33 heavy (non-hydrogen) atoms. The molecule has 2 N–H and O–H groups in total. The summed E-state index contributed by atoms with van der Waals surface area (Å²) in [7, 11) is 0. The molecule has 0 unspecified atom stereocenters. The molecule has 13 heteroatoms. The van der Waals surface area contributed by atoms with Crippen LogP contribution in [0.3, 0.4) is 0 Å². The van der Waals surface area contributed by atoms with E-state index in [4.69, 9.17) is 4.74 Å². The minimum absolute atomic E-state index is 0.155. The molecule has 4 rings (SSSR count). The quantitative estimate of drug-likeness (QED) is 0.530. The maximum absolute atomic E-state index is 13.0. The number of ether oxygens (including phenoxy) is 2. The number of rotatable bonds is 6. The minimum atomic E-state index is -5.85. The number of halogens is 5. The van der Waals surface area contributed by atoms with E-state index in [0.29, 0.717) is 37.0 Å². The average molecular weight is 469 g/mol. The Kier molecular flexibility index (Phi) is 5.89. The second kappa shape index (κ2) is 8.65. The van der Waals surface area contributed by atoms with Gasteiger partial charge in [-0.3, -0.25) is 9.89 Å². The number of aromatic amines is 1. The number of hydrogen-bond acceptors (Lipinski definition) is 6. The number of nitrogens with zero attached hydrogens (tertiary/aromatic N) is 3. The molecule has 0 atom stereocenters. The molecule has 1 aliphatic heterocycles. The number of nitrogens with one attached hydrogen (secondary N) is 2. The standard InChI is InChI=1S/C20H16F5N5O3/c21-19(22,23)20(24,25)33-14-3-1-13(2-4-14)28-18(31)12-9-15(16-5-6-27-29-16)17(26-10-12)30-7-8-32-11-30/h1-6,9-10H,7-8,11H2,(H,27,29)(H,28,31). The van der Waals surface area contributed by atoms with Crippen molar-refractivity contribution in [3.63, 3.8) is 0 Å². The summed E-state index contributed by atoms with van der Waals surface area (Å²) < 4.78 is 71.9. The number of hydrogen-bond donors (Lipinski definition) is 2. The molecule has 8 nitrogen and oxygen atoms in total. The van der Waals surface area contributed by atoms with Gasteiger partial charge in [0.1, 0.15) is 18.3 Å². The maximum atomic E-state index is 13.0. The third kappa shape index (κ3) is 4.87. The molecule has 0 saturated carbocycles. The van der Waals surface area contributed by atoms with E-state index < -0.39 is 23.9 Å². The van der Waals surface area contributed by atoms with E-state index in [1.165, 1.54) is 6.20 Å². The van der Waals surface area contributed by atoms with Crippen LogP contribution in [0.25, 0.3) is 11.3 Å². The van der Waals surface area contributed by atoms with E-state index in [1.54, 1.807) is 18.3 Å². The first-order valence-electron chi connectivity index (χ1n) is 9.51. The van der Waals surface area contributed by atoms with Crippen LogP contribution < -0.4 is 15.0 Å². The summed E-state index contributed by atoms with van der Waals surface area (Å²) in [5.41, 5.74) is 1.59. The molecule has 0 radical (unpaired) electrons. The number of amides is 1. The van der Waals surface area contributed by atoms with Crippen LogP contribution in [-0.4, -0.2) is 53.3 Å². The molecular weight excluding hydrogens is 453 g/mol. The molecule has 1 fully saturated rings. The summed E-state index contributed by atoms with van der Waals surface area (Å²) in [6, 6.07) is 7.37. The fourth-order valence-corrected chi connectivity index (χ4v) is 3.03. The van der Waals surface area contributed by atoms with Crippen LogP contribution in [0.15, 0.2) is 48.8 Å². The van der Waals surface area contributed by atoms with Gasteiger partial charge < -0.3 is 19.7 Å². The van der Waals surface area contributed by atoms with Gasteiger partial charge in [0.2, 0.25) is 0 Å². The van der Waals surface area contributed by atoms with Crippen molar-refractivity contribution in [3.8, 4) is 17.0 Å². The van der Waals surface area contributed by atoms with E-state index in [1.807, 2.05) is 4.90 Å². The van der Waals surface area contributed by atoms with E-state index in [0.717, 1.165) is 24.3 Å². The van der Waals surface area contributed by atoms with Gasteiger partial charge in [0.25, 0.3) is 5.91 Å². The first kappa shape index (κ1) is 22.5. The monoisotopic (exact) mass is 469 g/mol. The summed E-state index contributed by atoms with van der Waals surface area (Å²) in [6.45, 7) is 1.52. The second-order valence-corrected chi connectivity index (χ2v) is 6.96. The minimum Gasteiger partial charge on any atom is -0.426 e. The number of H-pyrrole nitrogens is 1. The first-order valence-corrected chi connectivity index (χ1v) is 9.51. The topological polar surface area (TPSA) is 92.4 Å². The predicted octanol–water partition coefficient (Wildman–Crippen LogP) is 4.05. The lowest BCUT2D eigenvalue weighted by molar-refractivity contribution is -0.360. The number of anilines is 2. The fourth-order valence-electron chi connectivity index (χ4n) is 3.03. The predicted molar refractivity (Wildman–Crippen MR) is 106 cm³/mol. The van der Waals surface area contributed by atoms with Crippen molar-refractivity contribution < 1.29 is 36.2 Å². The van der Waals surface area contributed by atoms with Crippen LogP contribution in [-0.2, 0) is 4.74 Å². The SMILES string of the molecule is O=C(Nc1ccc(OC(F)(F)C(F)(F)F)cc1)c1cnc(N2CCOC2)c(-c2ccn[nH]2)c1. The first-order chi connectivity index (χ1) is 15.6. The maximum Gasteiger partial charge on any atom is 0.499 e. The molecular formula is C20H16F5N5O3. The van der Waals surface area contributed by atoms with Crippen molar-refractivity contribution >= 4 is 17.4 Å². The number of benzene rings is 1. The Morgan fingerprint density at radius 2 is 1.91 bits per heavy atom. The third-order valence-corrected chi connectivity index (χ3v) is 4.66. The highest BCUT2D eigenvalue weighted by Crippen LogP contribution is 2.37. The number of carbonyl (C=O) groups is 1. The van der Waals surface area contributed by atoms with Crippen molar-refractivity contribution in [1.29, 1.82) is 0 Å². The molecule has 0 bridgehead atoms. The largest absolute Gasteiger partial charge is 0.499 e. The lowest BCUT2D eigenvalue weighted by Crippen LogP contribution is -2.41. The molecule has 0 spiro atoms. The number of alkyl halides is 5. The van der Waals surface area contributed by atoms with Crippen molar-refractivity contribution in [2.45, 2.75) is 12.3 Å². The Balaban J connectivity index is 1.51. The molecule has 0 aliphatic carbocycles. The summed E-state index contributed by atoms with van der Waals surface area (Å²) >= 11 is 0. The molecule has 3 aromatic rings. The van der Waals surface area contributed by atoms with E-state index in [2.05, 4.69) is 25.2 Å². The zero-order valence-electron chi connectivity index (χ0n) is 16.7. The van der Waals surface area contributed by atoms with Crippen molar-refractivity contribution in [2.24, 2.45) is 0 Å². The van der Waals surface area contributed by atoms with Crippen LogP contribution in [0.2, 0.25) is 0 Å². The average Bonchev–Trinajstić information content (AvgIpc) is 3.48. The molecule has 1 aliphatic rings. The highest BCUT2D eigenvalue weighted by Gasteiger charge is 2.61. The number of pyridine rings is 1. The highest BCUT2D eigenvalue weighted by atomic mass is 19.4. The lowest BCUT2D eigenvalue weighted by Gasteiger charge is -2.20. The Bertz CT molecular complexity index is 1110. The van der Waals surface area contributed by atoms with Gasteiger partial charge in [0, 0.05) is 30.2 Å². The zero-order valence-corrected chi connectivity index (χ0v) is 16.7. The van der Waals surface area contributed by atoms with Gasteiger partial charge in [-0.25, -0.2) is 4.98 Å². The van der Waals surface area contributed by atoms with E-state index in [-0.39, 0.29) is 11.3 Å². The van der Waals surface area contributed by atoms with Crippen molar-refractivity contribution in [3.05, 3.63) is 54.4 Å². The van der Waals surface area contributed by atoms with E-state index in [9.17, 15) is 26.7 Å². The fraction of sp³-hybridized carbons (Fsp3) is 0.250. The van der Waals surface area contributed by atoms with Gasteiger partial charge in [0.15, 0.2) is 0 Å². The Labute approximate surface area is 183 Å². The van der Waals surface area contributed by atoms with Gasteiger partial charge in [-0.1, -0.05) is 0 Å². The van der Waals surface area contributed by atoms with E-state index >= 15 is 0 Å². The van der Waals surface area contributed by atoms with Crippen LogP contribution in [0, 0.1) is 0 Å². The molecule has 174 valence electrons. The van der Waals surface area contributed by atoms with Gasteiger partial charge in [-0.05, 0) is 36.4 Å². The van der Waals surface area contributed by atoms with Gasteiger partial charge >= 0.3 is 12.3 Å². The lowest BCUT2D eigenvalue weighted by atomic mass is 10.1. The molecule has 1 saturated heterocycles. The van der Waals surface area contributed by atoms with Crippen LogP contribution >= 0.6 is 0 Å². The Morgan fingerprint density at radius 3 is 2.52 bits per heavy atom. The Hall–Kier alpha value is -3.74. The molecule has 3 heterocycles. The second-order valence-electron chi connectivity index (χ2n) is 6.96. The van der Waals surface area contributed by atoms with Gasteiger partial charge in [-0.2, -0.15) is 27.1 Å². The normalized spacial score (nSPS) is 14.4. The number of carbonyl (C=O) groups excluding carboxylic acids is 1. The van der Waals surface area contributed by atoms with Crippen molar-refractivity contribution in [2.75, 3.05) is 30.1 Å². The summed E-state index contributed by atoms with van der Waals surface area (Å²) in [4.78, 5) is 19.0. The summed E-state index contributed by atoms with van der Waals surface area (Å²) in [5.74, 6) is -0.683. The Morgan fingerprint density at radius 1 is 1.15 bits per heavy atom. The van der Waals surface area contributed by atoms with Crippen LogP contribution in [0.4, 0.5) is 33.5 Å². The highest BCUT2D eigenvalue weighted by molar-refractivity contribution is 6.05. The smallest absolute Gasteiger partial charge is 0.426 e. The van der Waals surface area contributed by atoms with Gasteiger partial charge in [0.05, 0.1) is 17.9 Å². The third-order valence-electron chi connectivity index (χ3n) is 4.66. The summed E-state index contributed by atoms with van der Waals surface area (Å²) in [5, 5.41) is 9.27. The number of aromatic nitrogens is 3. The van der Waals surface area contributed by atoms with Crippen LogP contribution in [0.1, 0.15) is 10.4 Å². The van der Waals surface area contributed by atoms with Gasteiger partial charge in [-0.15, -0.1) is 0 Å². The molecule has 2 aromatic heterocycles. The van der Waals surface area contributed by atoms with Crippen molar-refractivity contribution in [1.82, 2.24) is 15.2 Å². The molecule has 1 aromatic carbocycles. The summed E-state index contributed by atoms with van der Waals surface area (Å²) in [6.07, 6.45) is -8.27.